The van der Waals surface area contributed by atoms with Gasteiger partial charge >= 0.3 is 0 Å². The van der Waals surface area contributed by atoms with Crippen LogP contribution in [0.15, 0.2) is 65.6 Å². The van der Waals surface area contributed by atoms with Gasteiger partial charge in [-0.3, -0.25) is 4.79 Å². The molecular formula is C23H25NO4. The lowest BCUT2D eigenvalue weighted by molar-refractivity contribution is 0.282. The second-order valence-corrected chi connectivity index (χ2v) is 6.53. The van der Waals surface area contributed by atoms with Gasteiger partial charge in [0.05, 0.1) is 19.3 Å². The van der Waals surface area contributed by atoms with Crippen molar-refractivity contribution in [3.63, 3.8) is 0 Å². The van der Waals surface area contributed by atoms with Gasteiger partial charge in [-0.15, -0.1) is 0 Å². The summed E-state index contributed by atoms with van der Waals surface area (Å²) in [5.41, 5.74) is 2.89. The fourth-order valence-electron chi connectivity index (χ4n) is 2.93. The first-order chi connectivity index (χ1) is 13.6. The highest BCUT2D eigenvalue weighted by molar-refractivity contribution is 5.31. The summed E-state index contributed by atoms with van der Waals surface area (Å²) in [5.74, 6) is 1.95. The predicted molar refractivity (Wildman–Crippen MR) is 109 cm³/mol. The molecule has 5 nitrogen and oxygen atoms in total. The van der Waals surface area contributed by atoms with Crippen LogP contribution in [0, 0.1) is 13.8 Å². The number of benzene rings is 2. The molecule has 0 radical (unpaired) electrons. The van der Waals surface area contributed by atoms with E-state index in [0.29, 0.717) is 25.5 Å². The van der Waals surface area contributed by atoms with E-state index in [2.05, 4.69) is 0 Å². The highest BCUT2D eigenvalue weighted by atomic mass is 16.5. The first kappa shape index (κ1) is 19.5. The van der Waals surface area contributed by atoms with Crippen molar-refractivity contribution in [3.05, 3.63) is 87.8 Å². The number of aryl methyl sites for hydroxylation is 1. The molecule has 0 fully saturated rings. The molecule has 0 atom stereocenters. The third kappa shape index (κ3) is 4.74. The molecule has 3 rings (SSSR count). The minimum atomic E-state index is -0.113. The summed E-state index contributed by atoms with van der Waals surface area (Å²) in [4.78, 5) is 12.3. The fraction of sp³-hybridized carbons (Fsp3) is 0.261. The van der Waals surface area contributed by atoms with E-state index in [4.69, 9.17) is 14.2 Å². The van der Waals surface area contributed by atoms with Crippen LogP contribution in [-0.2, 0) is 13.2 Å². The quantitative estimate of drug-likeness (QED) is 0.590. The molecule has 2 aromatic carbocycles. The van der Waals surface area contributed by atoms with E-state index >= 15 is 0 Å². The standard InChI is InChI=1S/C23H25NO4/c1-17-6-4-5-7-19(17)16-28-23-18(2)24(13-12-22(23)25)14-15-27-21-10-8-20(26-3)9-11-21/h4-13H,14-16H2,1-3H3. The third-order valence-electron chi connectivity index (χ3n) is 4.68. The molecule has 1 heterocycles. The van der Waals surface area contributed by atoms with Crippen molar-refractivity contribution in [2.75, 3.05) is 13.7 Å². The SMILES string of the molecule is COc1ccc(OCCn2ccc(=O)c(OCc3ccccc3C)c2C)cc1. The van der Waals surface area contributed by atoms with Crippen molar-refractivity contribution in [1.29, 1.82) is 0 Å². The van der Waals surface area contributed by atoms with E-state index in [-0.39, 0.29) is 5.43 Å². The second kappa shape index (κ2) is 9.13. The molecule has 1 aromatic heterocycles. The molecule has 146 valence electrons. The first-order valence-corrected chi connectivity index (χ1v) is 9.22. The number of pyridine rings is 1. The summed E-state index contributed by atoms with van der Waals surface area (Å²) in [7, 11) is 1.63. The Hall–Kier alpha value is -3.21. The fourth-order valence-corrected chi connectivity index (χ4v) is 2.93. The number of nitrogens with zero attached hydrogens (tertiary/aromatic N) is 1. The summed E-state index contributed by atoms with van der Waals surface area (Å²) in [5, 5.41) is 0. The highest BCUT2D eigenvalue weighted by Gasteiger charge is 2.10. The minimum absolute atomic E-state index is 0.113. The molecule has 0 saturated heterocycles. The lowest BCUT2D eigenvalue weighted by atomic mass is 10.1. The highest BCUT2D eigenvalue weighted by Crippen LogP contribution is 2.18. The van der Waals surface area contributed by atoms with Gasteiger partial charge in [0.2, 0.25) is 5.43 Å². The number of rotatable bonds is 8. The van der Waals surface area contributed by atoms with Gasteiger partial charge in [-0.05, 0) is 49.2 Å². The Labute approximate surface area is 165 Å². The summed E-state index contributed by atoms with van der Waals surface area (Å²) in [6, 6.07) is 17.0. The van der Waals surface area contributed by atoms with Crippen molar-refractivity contribution in [2.24, 2.45) is 0 Å². The zero-order chi connectivity index (χ0) is 19.9. The van der Waals surface area contributed by atoms with Gasteiger partial charge < -0.3 is 18.8 Å². The van der Waals surface area contributed by atoms with Crippen LogP contribution in [0.5, 0.6) is 17.2 Å². The molecule has 0 aliphatic carbocycles. The van der Waals surface area contributed by atoms with Crippen LogP contribution in [0.1, 0.15) is 16.8 Å². The number of ether oxygens (including phenoxy) is 3. The Balaban J connectivity index is 1.64. The van der Waals surface area contributed by atoms with Gasteiger partial charge in [0, 0.05) is 12.3 Å². The summed E-state index contributed by atoms with van der Waals surface area (Å²) in [6.07, 6.45) is 1.77. The Morgan fingerprint density at radius 3 is 2.32 bits per heavy atom. The van der Waals surface area contributed by atoms with Crippen molar-refractivity contribution < 1.29 is 14.2 Å². The van der Waals surface area contributed by atoms with Gasteiger partial charge in [-0.2, -0.15) is 0 Å². The molecule has 28 heavy (non-hydrogen) atoms. The Bertz CT molecular complexity index is 977. The maximum absolute atomic E-state index is 12.3. The number of methoxy groups -OCH3 is 1. The molecule has 0 bridgehead atoms. The van der Waals surface area contributed by atoms with Crippen LogP contribution in [0.4, 0.5) is 0 Å². The van der Waals surface area contributed by atoms with E-state index in [9.17, 15) is 4.79 Å². The average Bonchev–Trinajstić information content (AvgIpc) is 2.71. The van der Waals surface area contributed by atoms with Crippen LogP contribution in [0.3, 0.4) is 0 Å². The van der Waals surface area contributed by atoms with Crippen LogP contribution in [-0.4, -0.2) is 18.3 Å². The molecule has 0 amide bonds. The molecule has 0 aliphatic rings. The summed E-state index contributed by atoms with van der Waals surface area (Å²) >= 11 is 0. The molecule has 0 saturated carbocycles. The second-order valence-electron chi connectivity index (χ2n) is 6.53. The van der Waals surface area contributed by atoms with E-state index in [0.717, 1.165) is 28.3 Å². The smallest absolute Gasteiger partial charge is 0.223 e. The summed E-state index contributed by atoms with van der Waals surface area (Å²) in [6.45, 7) is 5.38. The van der Waals surface area contributed by atoms with Crippen molar-refractivity contribution in [2.45, 2.75) is 27.0 Å². The van der Waals surface area contributed by atoms with Gasteiger partial charge in [0.1, 0.15) is 24.7 Å². The topological polar surface area (TPSA) is 49.7 Å². The molecule has 0 aliphatic heterocycles. The van der Waals surface area contributed by atoms with E-state index in [1.807, 2.05) is 66.9 Å². The normalized spacial score (nSPS) is 10.5. The zero-order valence-corrected chi connectivity index (χ0v) is 16.5. The lowest BCUT2D eigenvalue weighted by Crippen LogP contribution is -2.17. The van der Waals surface area contributed by atoms with Gasteiger partial charge in [0.25, 0.3) is 0 Å². The van der Waals surface area contributed by atoms with Crippen molar-refractivity contribution in [3.8, 4) is 17.2 Å². The Morgan fingerprint density at radius 2 is 1.61 bits per heavy atom. The monoisotopic (exact) mass is 379 g/mol. The molecular weight excluding hydrogens is 354 g/mol. The van der Waals surface area contributed by atoms with Crippen LogP contribution < -0.4 is 19.6 Å². The van der Waals surface area contributed by atoms with Crippen molar-refractivity contribution >= 4 is 0 Å². The largest absolute Gasteiger partial charge is 0.497 e. The minimum Gasteiger partial charge on any atom is -0.497 e. The summed E-state index contributed by atoms with van der Waals surface area (Å²) < 4.78 is 18.8. The van der Waals surface area contributed by atoms with E-state index in [1.54, 1.807) is 13.3 Å². The Kier molecular flexibility index (Phi) is 6.37. The van der Waals surface area contributed by atoms with E-state index < -0.39 is 0 Å². The Morgan fingerprint density at radius 1 is 0.893 bits per heavy atom. The van der Waals surface area contributed by atoms with E-state index in [1.165, 1.54) is 6.07 Å². The number of aromatic nitrogens is 1. The van der Waals surface area contributed by atoms with Crippen molar-refractivity contribution in [1.82, 2.24) is 4.57 Å². The maximum atomic E-state index is 12.3. The van der Waals surface area contributed by atoms with Gasteiger partial charge in [-0.25, -0.2) is 0 Å². The molecule has 5 heteroatoms. The average molecular weight is 379 g/mol. The van der Waals surface area contributed by atoms with Gasteiger partial charge in [-0.1, -0.05) is 24.3 Å². The zero-order valence-electron chi connectivity index (χ0n) is 16.5. The number of hydrogen-bond donors (Lipinski definition) is 0. The molecule has 0 N–H and O–H groups in total. The maximum Gasteiger partial charge on any atom is 0.223 e. The van der Waals surface area contributed by atoms with Crippen LogP contribution in [0.2, 0.25) is 0 Å². The van der Waals surface area contributed by atoms with Crippen LogP contribution >= 0.6 is 0 Å². The first-order valence-electron chi connectivity index (χ1n) is 9.22. The third-order valence-corrected chi connectivity index (χ3v) is 4.68. The molecule has 3 aromatic rings. The van der Waals surface area contributed by atoms with Crippen LogP contribution in [0.25, 0.3) is 0 Å². The molecule has 0 spiro atoms. The predicted octanol–water partition coefficient (Wildman–Crippen LogP) is 4.13. The molecule has 0 unspecified atom stereocenters. The van der Waals surface area contributed by atoms with Gasteiger partial charge in [0.15, 0.2) is 5.75 Å². The number of hydrogen-bond acceptors (Lipinski definition) is 4. The lowest BCUT2D eigenvalue weighted by Gasteiger charge is -2.16.